The minimum absolute atomic E-state index is 0.0672. The van der Waals surface area contributed by atoms with E-state index in [-0.39, 0.29) is 11.9 Å². The predicted molar refractivity (Wildman–Crippen MR) is 162 cm³/mol. The standard InChI is InChI=1S/C31H38N6O3S/c1-23-32-19-26(37(23)25-11-13-36(14-12-25)41(3,39)40)20-34-21-29(28-10-6-8-24-7-4-5-9-27(24)28)30(22-34)31(38)35-17-15-33(2)16-18-35/h4-10,19,21-22,25H,11-18,20H2,1-3H3. The lowest BCUT2D eigenvalue weighted by molar-refractivity contribution is 0.0665. The molecule has 9 nitrogen and oxygen atoms in total. The normalized spacial score (nSPS) is 17.9. The molecule has 2 aliphatic heterocycles. The maximum atomic E-state index is 14.0. The smallest absolute Gasteiger partial charge is 0.256 e. The molecule has 0 aliphatic carbocycles. The lowest BCUT2D eigenvalue weighted by Crippen LogP contribution is -2.47. The number of carbonyl (C=O) groups excluding carboxylic acids is 1. The van der Waals surface area contributed by atoms with E-state index in [0.29, 0.717) is 32.7 Å². The van der Waals surface area contributed by atoms with Crippen LogP contribution >= 0.6 is 0 Å². The number of aryl methyl sites for hydroxylation is 1. The molecule has 0 radical (unpaired) electrons. The van der Waals surface area contributed by atoms with E-state index in [1.54, 1.807) is 4.31 Å². The van der Waals surface area contributed by atoms with E-state index in [4.69, 9.17) is 0 Å². The molecule has 2 aromatic heterocycles. The van der Waals surface area contributed by atoms with Gasteiger partial charge < -0.3 is 18.9 Å². The third-order valence-corrected chi connectivity index (χ3v) is 9.94. The van der Waals surface area contributed by atoms with Gasteiger partial charge >= 0.3 is 0 Å². The number of piperidine rings is 1. The molecule has 0 saturated carbocycles. The van der Waals surface area contributed by atoms with Crippen LogP contribution in [0.3, 0.4) is 0 Å². The highest BCUT2D eigenvalue weighted by atomic mass is 32.2. The summed E-state index contributed by atoms with van der Waals surface area (Å²) in [6, 6.07) is 14.8. The Morgan fingerprint density at radius 1 is 0.927 bits per heavy atom. The van der Waals surface area contributed by atoms with Crippen molar-refractivity contribution in [3.8, 4) is 11.1 Å². The van der Waals surface area contributed by atoms with Gasteiger partial charge in [0.2, 0.25) is 10.0 Å². The minimum Gasteiger partial charge on any atom is -0.347 e. The Labute approximate surface area is 242 Å². The van der Waals surface area contributed by atoms with E-state index in [0.717, 1.165) is 64.9 Å². The van der Waals surface area contributed by atoms with Gasteiger partial charge in [-0.25, -0.2) is 17.7 Å². The Hall–Kier alpha value is -3.47. The zero-order valence-electron chi connectivity index (χ0n) is 24.0. The Kier molecular flexibility index (Phi) is 7.48. The Morgan fingerprint density at radius 3 is 2.37 bits per heavy atom. The number of benzene rings is 2. The van der Waals surface area contributed by atoms with Gasteiger partial charge in [0.05, 0.1) is 30.3 Å². The predicted octanol–water partition coefficient (Wildman–Crippen LogP) is 3.85. The van der Waals surface area contributed by atoms with Crippen LogP contribution in [0.1, 0.15) is 40.8 Å². The summed E-state index contributed by atoms with van der Waals surface area (Å²) in [5, 5.41) is 2.27. The van der Waals surface area contributed by atoms with Crippen LogP contribution in [0.2, 0.25) is 0 Å². The lowest BCUT2D eigenvalue weighted by Gasteiger charge is -2.32. The van der Waals surface area contributed by atoms with Gasteiger partial charge in [-0.2, -0.15) is 0 Å². The Morgan fingerprint density at radius 2 is 1.63 bits per heavy atom. The van der Waals surface area contributed by atoms with Crippen molar-refractivity contribution in [3.05, 3.63) is 78.1 Å². The summed E-state index contributed by atoms with van der Waals surface area (Å²) in [5.41, 5.74) is 3.76. The van der Waals surface area contributed by atoms with Gasteiger partial charge in [-0.1, -0.05) is 42.5 Å². The third kappa shape index (κ3) is 5.56. The molecule has 2 fully saturated rings. The maximum Gasteiger partial charge on any atom is 0.256 e. The van der Waals surface area contributed by atoms with Crippen molar-refractivity contribution in [1.82, 2.24) is 28.2 Å². The quantitative estimate of drug-likeness (QED) is 0.350. The molecule has 0 atom stereocenters. The molecule has 216 valence electrons. The molecule has 4 heterocycles. The van der Waals surface area contributed by atoms with E-state index in [1.807, 2.05) is 36.4 Å². The SMILES string of the molecule is Cc1ncc(Cn2cc(C(=O)N3CCN(C)CC3)c(-c3cccc4ccccc34)c2)n1C1CCN(S(C)(=O)=O)CC1. The molecule has 6 rings (SSSR count). The molecular weight excluding hydrogens is 536 g/mol. The number of rotatable bonds is 6. The first-order valence-corrected chi connectivity index (χ1v) is 16.2. The zero-order valence-corrected chi connectivity index (χ0v) is 24.8. The Bertz CT molecular complexity index is 1670. The number of piperazine rings is 1. The van der Waals surface area contributed by atoms with Crippen LogP contribution in [-0.2, 0) is 16.6 Å². The largest absolute Gasteiger partial charge is 0.347 e. The Balaban J connectivity index is 1.35. The highest BCUT2D eigenvalue weighted by Crippen LogP contribution is 2.34. The van der Waals surface area contributed by atoms with Crippen molar-refractivity contribution >= 4 is 26.7 Å². The van der Waals surface area contributed by atoms with Gasteiger partial charge in [0.1, 0.15) is 5.82 Å². The third-order valence-electron chi connectivity index (χ3n) is 8.64. The van der Waals surface area contributed by atoms with Crippen LogP contribution in [-0.4, -0.2) is 95.1 Å². The fourth-order valence-electron chi connectivity index (χ4n) is 6.36. The van der Waals surface area contributed by atoms with Crippen molar-refractivity contribution < 1.29 is 13.2 Å². The van der Waals surface area contributed by atoms with Crippen molar-refractivity contribution in [2.75, 3.05) is 52.6 Å². The maximum absolute atomic E-state index is 14.0. The highest BCUT2D eigenvalue weighted by Gasteiger charge is 2.29. The number of sulfonamides is 1. The fourth-order valence-corrected chi connectivity index (χ4v) is 7.23. The number of carbonyl (C=O) groups is 1. The van der Waals surface area contributed by atoms with Gasteiger partial charge in [-0.05, 0) is 43.1 Å². The average molecular weight is 575 g/mol. The summed E-state index contributed by atoms with van der Waals surface area (Å²) in [4.78, 5) is 22.8. The van der Waals surface area contributed by atoms with Gasteiger partial charge in [0.15, 0.2) is 0 Å². The molecule has 1 amide bonds. The number of amides is 1. The molecule has 0 bridgehead atoms. The van der Waals surface area contributed by atoms with Crippen molar-refractivity contribution in [2.45, 2.75) is 32.4 Å². The average Bonchev–Trinajstić information content (AvgIpc) is 3.55. The van der Waals surface area contributed by atoms with E-state index >= 15 is 0 Å². The summed E-state index contributed by atoms with van der Waals surface area (Å²) < 4.78 is 30.0. The summed E-state index contributed by atoms with van der Waals surface area (Å²) in [7, 11) is -1.09. The summed E-state index contributed by atoms with van der Waals surface area (Å²) in [6.45, 7) is 6.77. The monoisotopic (exact) mass is 574 g/mol. The second kappa shape index (κ2) is 11.1. The van der Waals surface area contributed by atoms with Crippen LogP contribution < -0.4 is 0 Å². The molecule has 2 aromatic carbocycles. The van der Waals surface area contributed by atoms with Crippen LogP contribution in [0.4, 0.5) is 0 Å². The van der Waals surface area contributed by atoms with Crippen LogP contribution in [0.15, 0.2) is 61.1 Å². The number of hydrogen-bond acceptors (Lipinski definition) is 5. The summed E-state index contributed by atoms with van der Waals surface area (Å²) in [5.74, 6) is 0.991. The first-order chi connectivity index (χ1) is 19.7. The van der Waals surface area contributed by atoms with Crippen molar-refractivity contribution in [2.24, 2.45) is 0 Å². The van der Waals surface area contributed by atoms with Gasteiger partial charge in [0, 0.05) is 63.3 Å². The van der Waals surface area contributed by atoms with Crippen molar-refractivity contribution in [3.63, 3.8) is 0 Å². The molecule has 0 N–H and O–H groups in total. The van der Waals surface area contributed by atoms with Crippen LogP contribution in [0, 0.1) is 6.92 Å². The number of aromatic nitrogens is 3. The molecular formula is C31H38N6O3S. The number of hydrogen-bond donors (Lipinski definition) is 0. The van der Waals surface area contributed by atoms with Gasteiger partial charge in [-0.15, -0.1) is 0 Å². The number of likely N-dealkylation sites (N-methyl/N-ethyl adjacent to an activating group) is 1. The molecule has 41 heavy (non-hydrogen) atoms. The molecule has 10 heteroatoms. The van der Waals surface area contributed by atoms with Crippen LogP contribution in [0.5, 0.6) is 0 Å². The molecule has 2 aliphatic rings. The molecule has 4 aromatic rings. The zero-order chi connectivity index (χ0) is 28.7. The summed E-state index contributed by atoms with van der Waals surface area (Å²) in [6.07, 6.45) is 8.79. The van der Waals surface area contributed by atoms with Crippen molar-refractivity contribution in [1.29, 1.82) is 0 Å². The first kappa shape index (κ1) is 27.7. The molecule has 0 unspecified atom stereocenters. The fraction of sp³-hybridized carbons (Fsp3) is 0.419. The lowest BCUT2D eigenvalue weighted by atomic mass is 9.97. The topological polar surface area (TPSA) is 83.7 Å². The van der Waals surface area contributed by atoms with Gasteiger partial charge in [0.25, 0.3) is 5.91 Å². The highest BCUT2D eigenvalue weighted by molar-refractivity contribution is 7.88. The van der Waals surface area contributed by atoms with Gasteiger partial charge in [-0.3, -0.25) is 4.79 Å². The second-order valence-corrected chi connectivity index (χ2v) is 13.4. The summed E-state index contributed by atoms with van der Waals surface area (Å²) >= 11 is 0. The second-order valence-electron chi connectivity index (χ2n) is 11.4. The van der Waals surface area contributed by atoms with Crippen LogP contribution in [0.25, 0.3) is 21.9 Å². The first-order valence-electron chi connectivity index (χ1n) is 14.3. The molecule has 2 saturated heterocycles. The van der Waals surface area contributed by atoms with E-state index in [1.165, 1.54) is 6.26 Å². The molecule has 0 spiro atoms. The minimum atomic E-state index is -3.19. The number of imidazole rings is 1. The van der Waals surface area contributed by atoms with E-state index in [2.05, 4.69) is 62.6 Å². The number of fused-ring (bicyclic) bond motifs is 1. The van der Waals surface area contributed by atoms with E-state index < -0.39 is 10.0 Å². The number of nitrogens with zero attached hydrogens (tertiary/aromatic N) is 6. The van der Waals surface area contributed by atoms with E-state index in [9.17, 15) is 13.2 Å².